The number of ether oxygens (including phenoxy) is 1. The summed E-state index contributed by atoms with van der Waals surface area (Å²) in [5.74, 6) is 0.713. The van der Waals surface area contributed by atoms with Gasteiger partial charge in [-0.25, -0.2) is 4.98 Å². The van der Waals surface area contributed by atoms with E-state index in [4.69, 9.17) is 4.91 Å². The molecule has 1 saturated heterocycles. The van der Waals surface area contributed by atoms with E-state index >= 15 is 0 Å². The average Bonchev–Trinajstić information content (AvgIpc) is 2.73. The molecule has 1 atom stereocenters. The molecule has 0 bridgehead atoms. The second kappa shape index (κ2) is 12.9. The number of allylic oxidation sites excluding steroid dienone is 1. The largest absolute Gasteiger partial charge is 0.573 e. The van der Waals surface area contributed by atoms with Crippen LogP contribution in [0, 0.1) is 10.8 Å². The highest BCUT2D eigenvalue weighted by Crippen LogP contribution is 2.34. The van der Waals surface area contributed by atoms with Gasteiger partial charge in [-0.05, 0) is 61.5 Å². The number of benzene rings is 1. The molecule has 1 fully saturated rings. The van der Waals surface area contributed by atoms with Gasteiger partial charge >= 0.3 is 6.36 Å². The maximum atomic E-state index is 12.3. The molecule has 1 aliphatic rings. The van der Waals surface area contributed by atoms with Crippen LogP contribution in [0.15, 0.2) is 54.0 Å². The van der Waals surface area contributed by atoms with Gasteiger partial charge in [-0.15, -0.1) is 18.1 Å². The number of rotatable bonds is 9. The minimum Gasteiger partial charge on any atom is -0.406 e. The maximum Gasteiger partial charge on any atom is 0.573 e. The van der Waals surface area contributed by atoms with Gasteiger partial charge in [0, 0.05) is 49.1 Å². The Morgan fingerprint density at radius 2 is 2.00 bits per heavy atom. The molecule has 0 radical (unpaired) electrons. The van der Waals surface area contributed by atoms with Crippen molar-refractivity contribution in [3.63, 3.8) is 0 Å². The summed E-state index contributed by atoms with van der Waals surface area (Å²) < 4.78 is 40.9. The van der Waals surface area contributed by atoms with Crippen LogP contribution in [0.2, 0.25) is 0 Å². The Balaban J connectivity index is 0.000000696. The van der Waals surface area contributed by atoms with Gasteiger partial charge in [0.05, 0.1) is 6.20 Å². The van der Waals surface area contributed by atoms with Crippen LogP contribution in [0.3, 0.4) is 0 Å². The second-order valence-corrected chi connectivity index (χ2v) is 7.18. The predicted octanol–water partition coefficient (Wildman–Crippen LogP) is 4.02. The molecule has 1 aromatic heterocycles. The van der Waals surface area contributed by atoms with Gasteiger partial charge in [-0.1, -0.05) is 6.08 Å². The molecule has 0 aliphatic carbocycles. The molecule has 2 heterocycles. The standard InChI is InChI=1S/C19H23F3N4O2.C3H5NO/c1-23-17(13-10-24-11-13)16-12(7-9-27)6-8-25-18(16)26-14-2-4-15(5-3-14)28-19(20,21)22;1-2-3-4-5/h2-6,8,13,17,23-24,27H,7,9-11H2,1H3,(H,25,26);2-3H,1H3/b;3-2+. The summed E-state index contributed by atoms with van der Waals surface area (Å²) in [5.41, 5.74) is 2.52. The summed E-state index contributed by atoms with van der Waals surface area (Å²) >= 11 is 0. The number of hydrogen-bond donors (Lipinski definition) is 4. The van der Waals surface area contributed by atoms with Crippen LogP contribution >= 0.6 is 0 Å². The molecule has 0 saturated carbocycles. The molecule has 0 amide bonds. The Hall–Kier alpha value is -3.02. The number of nitroso groups, excluding NO2 is 1. The molecule has 3 rings (SSSR count). The third-order valence-electron chi connectivity index (χ3n) is 4.93. The topological polar surface area (TPSA) is 108 Å². The molecule has 180 valence electrons. The number of halogens is 3. The predicted molar refractivity (Wildman–Crippen MR) is 120 cm³/mol. The zero-order chi connectivity index (χ0) is 24.3. The Bertz CT molecular complexity index is 903. The highest BCUT2D eigenvalue weighted by Gasteiger charge is 2.32. The highest BCUT2D eigenvalue weighted by molar-refractivity contribution is 5.62. The van der Waals surface area contributed by atoms with E-state index in [1.807, 2.05) is 13.1 Å². The van der Waals surface area contributed by atoms with Crippen LogP contribution in [0.5, 0.6) is 5.75 Å². The van der Waals surface area contributed by atoms with E-state index in [1.54, 1.807) is 19.2 Å². The monoisotopic (exact) mass is 467 g/mol. The van der Waals surface area contributed by atoms with Crippen molar-refractivity contribution in [1.29, 1.82) is 0 Å². The van der Waals surface area contributed by atoms with Crippen molar-refractivity contribution in [2.45, 2.75) is 25.7 Å². The van der Waals surface area contributed by atoms with E-state index in [0.717, 1.165) is 24.2 Å². The zero-order valence-electron chi connectivity index (χ0n) is 18.4. The van der Waals surface area contributed by atoms with E-state index in [-0.39, 0.29) is 18.4 Å². The number of aliphatic hydroxyl groups is 1. The van der Waals surface area contributed by atoms with Crippen molar-refractivity contribution in [2.75, 3.05) is 32.1 Å². The molecular weight excluding hydrogens is 439 g/mol. The second-order valence-electron chi connectivity index (χ2n) is 7.18. The number of nitrogens with one attached hydrogen (secondary N) is 3. The smallest absolute Gasteiger partial charge is 0.406 e. The zero-order valence-corrected chi connectivity index (χ0v) is 18.4. The van der Waals surface area contributed by atoms with Crippen LogP contribution in [0.25, 0.3) is 0 Å². The molecular formula is C22H28F3N5O3. The van der Waals surface area contributed by atoms with Gasteiger partial charge in [-0.3, -0.25) is 0 Å². The number of aromatic nitrogens is 1. The fraction of sp³-hybridized carbons (Fsp3) is 0.409. The first-order valence-corrected chi connectivity index (χ1v) is 10.4. The van der Waals surface area contributed by atoms with Crippen LogP contribution in [0.1, 0.15) is 24.1 Å². The minimum absolute atomic E-state index is 0.0132. The fourth-order valence-electron chi connectivity index (χ4n) is 3.40. The SMILES string of the molecule is C/C=C/N=O.CNC(c1c(CCO)ccnc1Nc1ccc(OC(F)(F)F)cc1)C1CNC1. The van der Waals surface area contributed by atoms with Crippen LogP contribution in [0.4, 0.5) is 24.7 Å². The molecule has 1 aromatic carbocycles. The number of nitrogens with zero attached hydrogens (tertiary/aromatic N) is 2. The van der Waals surface area contributed by atoms with E-state index < -0.39 is 6.36 Å². The fourth-order valence-corrected chi connectivity index (χ4v) is 3.40. The Labute approximate surface area is 190 Å². The van der Waals surface area contributed by atoms with E-state index in [0.29, 0.717) is 23.8 Å². The van der Waals surface area contributed by atoms with Crippen molar-refractivity contribution in [3.05, 3.63) is 64.8 Å². The maximum absolute atomic E-state index is 12.3. The van der Waals surface area contributed by atoms with Crippen molar-refractivity contribution >= 4 is 11.5 Å². The van der Waals surface area contributed by atoms with Crippen molar-refractivity contribution in [2.24, 2.45) is 11.1 Å². The summed E-state index contributed by atoms with van der Waals surface area (Å²) in [6, 6.07) is 7.42. The highest BCUT2D eigenvalue weighted by atomic mass is 19.4. The number of anilines is 2. The first-order valence-electron chi connectivity index (χ1n) is 10.4. The van der Waals surface area contributed by atoms with E-state index in [1.165, 1.54) is 30.5 Å². The van der Waals surface area contributed by atoms with Gasteiger partial charge in [-0.2, -0.15) is 0 Å². The average molecular weight is 467 g/mol. The van der Waals surface area contributed by atoms with Gasteiger partial charge in [0.1, 0.15) is 11.6 Å². The summed E-state index contributed by atoms with van der Waals surface area (Å²) in [6.45, 7) is 3.50. The first kappa shape index (κ1) is 26.2. The molecule has 4 N–H and O–H groups in total. The third kappa shape index (κ3) is 8.12. The molecule has 8 nitrogen and oxygen atoms in total. The van der Waals surface area contributed by atoms with Crippen LogP contribution < -0.4 is 20.7 Å². The quantitative estimate of drug-likeness (QED) is 0.413. The number of hydrogen-bond acceptors (Lipinski definition) is 8. The lowest BCUT2D eigenvalue weighted by atomic mass is 9.86. The van der Waals surface area contributed by atoms with Gasteiger partial charge < -0.3 is 25.8 Å². The molecule has 1 unspecified atom stereocenters. The molecule has 11 heteroatoms. The summed E-state index contributed by atoms with van der Waals surface area (Å²) in [4.78, 5) is 13.5. The number of aliphatic hydroxyl groups excluding tert-OH is 1. The Kier molecular flexibility index (Phi) is 10.2. The molecule has 1 aliphatic heterocycles. The number of pyridine rings is 1. The minimum atomic E-state index is -4.72. The van der Waals surface area contributed by atoms with Crippen molar-refractivity contribution in [1.82, 2.24) is 15.6 Å². The molecule has 2 aromatic rings. The summed E-state index contributed by atoms with van der Waals surface area (Å²) in [5, 5.41) is 21.6. The molecule has 33 heavy (non-hydrogen) atoms. The lowest BCUT2D eigenvalue weighted by Crippen LogP contribution is -2.48. The normalized spacial score (nSPS) is 14.7. The Morgan fingerprint density at radius 3 is 2.45 bits per heavy atom. The lowest BCUT2D eigenvalue weighted by molar-refractivity contribution is -0.274. The summed E-state index contributed by atoms with van der Waals surface area (Å²) in [7, 11) is 1.88. The summed E-state index contributed by atoms with van der Waals surface area (Å²) in [6.07, 6.45) is 0.193. The molecule has 0 spiro atoms. The van der Waals surface area contributed by atoms with Gasteiger partial charge in [0.15, 0.2) is 0 Å². The van der Waals surface area contributed by atoms with Crippen LogP contribution in [-0.2, 0) is 6.42 Å². The van der Waals surface area contributed by atoms with Crippen molar-refractivity contribution < 1.29 is 23.0 Å². The van der Waals surface area contributed by atoms with Crippen LogP contribution in [-0.4, -0.2) is 43.2 Å². The Morgan fingerprint density at radius 1 is 1.30 bits per heavy atom. The van der Waals surface area contributed by atoms with E-state index in [2.05, 4.69) is 30.8 Å². The van der Waals surface area contributed by atoms with Gasteiger partial charge in [0.25, 0.3) is 0 Å². The first-order chi connectivity index (χ1) is 15.8. The lowest BCUT2D eigenvalue weighted by Gasteiger charge is -2.36. The van der Waals surface area contributed by atoms with Gasteiger partial charge in [0.2, 0.25) is 0 Å². The third-order valence-corrected chi connectivity index (χ3v) is 4.93. The van der Waals surface area contributed by atoms with E-state index in [9.17, 15) is 18.3 Å². The van der Waals surface area contributed by atoms with Crippen molar-refractivity contribution in [3.8, 4) is 5.75 Å². The number of alkyl halides is 3.